The number of rotatable bonds is 3. The Balaban J connectivity index is 2.22. The van der Waals surface area contributed by atoms with Crippen LogP contribution >= 0.6 is 0 Å². The van der Waals surface area contributed by atoms with Gasteiger partial charge in [-0.05, 0) is 50.7 Å². The number of hydrogen-bond acceptors (Lipinski definition) is 2. The fourth-order valence-corrected chi connectivity index (χ4v) is 4.85. The van der Waals surface area contributed by atoms with Crippen molar-refractivity contribution in [3.8, 4) is 0 Å². The molecule has 1 aliphatic rings. The van der Waals surface area contributed by atoms with Crippen molar-refractivity contribution >= 4 is 10.8 Å². The van der Waals surface area contributed by atoms with Crippen molar-refractivity contribution in [3.63, 3.8) is 0 Å². The molecular formula is C16H25NOS. The van der Waals surface area contributed by atoms with Crippen LogP contribution in [0.2, 0.25) is 0 Å². The molecule has 0 saturated heterocycles. The Hall–Kier alpha value is -0.670. The first kappa shape index (κ1) is 14.7. The van der Waals surface area contributed by atoms with Gasteiger partial charge in [-0.3, -0.25) is 4.21 Å². The van der Waals surface area contributed by atoms with Gasteiger partial charge in [0.05, 0.1) is 16.0 Å². The van der Waals surface area contributed by atoms with Crippen molar-refractivity contribution in [2.75, 3.05) is 0 Å². The third kappa shape index (κ3) is 3.26. The van der Waals surface area contributed by atoms with Crippen molar-refractivity contribution in [2.24, 2.45) is 11.7 Å². The average Bonchev–Trinajstić information content (AvgIpc) is 2.38. The fourth-order valence-electron chi connectivity index (χ4n) is 3.04. The minimum absolute atomic E-state index is 0.0873. The minimum atomic E-state index is -0.967. The number of nitrogens with two attached hydrogens (primary N) is 1. The molecule has 1 saturated carbocycles. The molecule has 0 aromatic heterocycles. The number of hydrogen-bond donors (Lipinski definition) is 1. The molecule has 0 amide bonds. The molecule has 2 N–H and O–H groups in total. The first-order valence-corrected chi connectivity index (χ1v) is 8.47. The summed E-state index contributed by atoms with van der Waals surface area (Å²) in [5, 5.41) is 0.125. The molecule has 1 fully saturated rings. The van der Waals surface area contributed by atoms with Gasteiger partial charge in [-0.1, -0.05) is 31.0 Å². The molecule has 0 aliphatic heterocycles. The average molecular weight is 279 g/mol. The second-order valence-corrected chi connectivity index (χ2v) is 7.50. The third-order valence-electron chi connectivity index (χ3n) is 4.35. The van der Waals surface area contributed by atoms with E-state index in [1.54, 1.807) is 0 Å². The summed E-state index contributed by atoms with van der Waals surface area (Å²) in [5.74, 6) is 0.694. The van der Waals surface area contributed by atoms with E-state index in [0.29, 0.717) is 5.92 Å². The maximum absolute atomic E-state index is 12.8. The van der Waals surface area contributed by atoms with Gasteiger partial charge in [-0.15, -0.1) is 0 Å². The zero-order chi connectivity index (χ0) is 14.0. The van der Waals surface area contributed by atoms with E-state index in [1.807, 2.05) is 19.1 Å². The number of aryl methyl sites for hydroxylation is 2. The normalized spacial score (nSPS) is 29.2. The van der Waals surface area contributed by atoms with Gasteiger partial charge in [0.2, 0.25) is 0 Å². The Morgan fingerprint density at radius 2 is 2.05 bits per heavy atom. The monoisotopic (exact) mass is 279 g/mol. The van der Waals surface area contributed by atoms with Gasteiger partial charge in [-0.25, -0.2) is 0 Å². The summed E-state index contributed by atoms with van der Waals surface area (Å²) < 4.78 is 12.8. The first-order chi connectivity index (χ1) is 9.02. The zero-order valence-electron chi connectivity index (χ0n) is 12.2. The van der Waals surface area contributed by atoms with Gasteiger partial charge in [0.15, 0.2) is 0 Å². The smallest absolute Gasteiger partial charge is 0.0579 e. The summed E-state index contributed by atoms with van der Waals surface area (Å²) >= 11 is 0. The van der Waals surface area contributed by atoms with E-state index >= 15 is 0 Å². The maximum Gasteiger partial charge on any atom is 0.0579 e. The largest absolute Gasteiger partial charge is 0.327 e. The van der Waals surface area contributed by atoms with Crippen LogP contribution in [-0.2, 0) is 10.8 Å². The second kappa shape index (κ2) is 6.19. The van der Waals surface area contributed by atoms with Gasteiger partial charge >= 0.3 is 0 Å². The Labute approximate surface area is 119 Å². The standard InChI is InChI=1S/C16H25NOS/c1-4-13-6-7-14(17)16(10-13)19(18)15-8-5-11(2)9-12(15)3/h5,8-9,13-14,16H,4,6-7,10,17H2,1-3H3. The van der Waals surface area contributed by atoms with Crippen molar-refractivity contribution in [2.45, 2.75) is 62.6 Å². The Morgan fingerprint density at radius 3 is 2.68 bits per heavy atom. The van der Waals surface area contributed by atoms with Crippen molar-refractivity contribution < 1.29 is 4.21 Å². The van der Waals surface area contributed by atoms with E-state index in [4.69, 9.17) is 5.73 Å². The van der Waals surface area contributed by atoms with Crippen LogP contribution in [0.3, 0.4) is 0 Å². The van der Waals surface area contributed by atoms with Gasteiger partial charge in [0.25, 0.3) is 0 Å². The summed E-state index contributed by atoms with van der Waals surface area (Å²) in [6.45, 7) is 6.34. The van der Waals surface area contributed by atoms with Crippen LogP contribution in [0, 0.1) is 19.8 Å². The molecule has 2 nitrogen and oxygen atoms in total. The van der Waals surface area contributed by atoms with Gasteiger partial charge < -0.3 is 5.73 Å². The fraction of sp³-hybridized carbons (Fsp3) is 0.625. The lowest BCUT2D eigenvalue weighted by molar-refractivity contribution is 0.324. The lowest BCUT2D eigenvalue weighted by atomic mass is 9.84. The highest BCUT2D eigenvalue weighted by molar-refractivity contribution is 7.85. The van der Waals surface area contributed by atoms with Crippen LogP contribution in [0.5, 0.6) is 0 Å². The molecule has 4 atom stereocenters. The lowest BCUT2D eigenvalue weighted by Crippen LogP contribution is -2.43. The van der Waals surface area contributed by atoms with E-state index in [-0.39, 0.29) is 11.3 Å². The quantitative estimate of drug-likeness (QED) is 0.922. The van der Waals surface area contributed by atoms with E-state index in [0.717, 1.165) is 23.3 Å². The van der Waals surface area contributed by atoms with Crippen LogP contribution in [0.4, 0.5) is 0 Å². The molecular weight excluding hydrogens is 254 g/mol. The van der Waals surface area contributed by atoms with Crippen molar-refractivity contribution in [3.05, 3.63) is 29.3 Å². The predicted molar refractivity (Wildman–Crippen MR) is 81.7 cm³/mol. The van der Waals surface area contributed by atoms with Crippen LogP contribution in [0.15, 0.2) is 23.1 Å². The summed E-state index contributed by atoms with van der Waals surface area (Å²) in [5.41, 5.74) is 8.57. The zero-order valence-corrected chi connectivity index (χ0v) is 13.0. The highest BCUT2D eigenvalue weighted by atomic mass is 32.2. The van der Waals surface area contributed by atoms with Crippen LogP contribution in [0.1, 0.15) is 43.7 Å². The SMILES string of the molecule is CCC1CCC(N)C(S(=O)c2ccc(C)cc2C)C1. The molecule has 2 rings (SSSR count). The third-order valence-corrected chi connectivity index (χ3v) is 6.33. The molecule has 1 aliphatic carbocycles. The van der Waals surface area contributed by atoms with E-state index in [2.05, 4.69) is 19.9 Å². The van der Waals surface area contributed by atoms with E-state index < -0.39 is 10.8 Å². The van der Waals surface area contributed by atoms with E-state index in [1.165, 1.54) is 18.4 Å². The topological polar surface area (TPSA) is 43.1 Å². The molecule has 0 heterocycles. The molecule has 4 unspecified atom stereocenters. The molecule has 0 bridgehead atoms. The Morgan fingerprint density at radius 1 is 1.32 bits per heavy atom. The van der Waals surface area contributed by atoms with Crippen molar-refractivity contribution in [1.29, 1.82) is 0 Å². The maximum atomic E-state index is 12.8. The van der Waals surface area contributed by atoms with Crippen LogP contribution in [-0.4, -0.2) is 15.5 Å². The van der Waals surface area contributed by atoms with E-state index in [9.17, 15) is 4.21 Å². The lowest BCUT2D eigenvalue weighted by Gasteiger charge is -2.33. The van der Waals surface area contributed by atoms with Gasteiger partial charge in [-0.2, -0.15) is 0 Å². The molecule has 106 valence electrons. The highest BCUT2D eigenvalue weighted by Crippen LogP contribution is 2.32. The molecule has 0 radical (unpaired) electrons. The predicted octanol–water partition coefficient (Wildman–Crippen LogP) is 3.32. The molecule has 1 aromatic carbocycles. The van der Waals surface area contributed by atoms with Gasteiger partial charge in [0.1, 0.15) is 0 Å². The van der Waals surface area contributed by atoms with Crippen molar-refractivity contribution in [1.82, 2.24) is 0 Å². The minimum Gasteiger partial charge on any atom is -0.327 e. The summed E-state index contributed by atoms with van der Waals surface area (Å²) in [6.07, 6.45) is 4.39. The highest BCUT2D eigenvalue weighted by Gasteiger charge is 2.32. The van der Waals surface area contributed by atoms with Crippen LogP contribution in [0.25, 0.3) is 0 Å². The molecule has 19 heavy (non-hydrogen) atoms. The van der Waals surface area contributed by atoms with Gasteiger partial charge in [0, 0.05) is 10.9 Å². The summed E-state index contributed by atoms with van der Waals surface area (Å²) in [7, 11) is -0.967. The Bertz CT molecular complexity index is 472. The molecule has 1 aromatic rings. The first-order valence-electron chi connectivity index (χ1n) is 7.26. The number of benzene rings is 1. The van der Waals surface area contributed by atoms with Crippen LogP contribution < -0.4 is 5.73 Å². The summed E-state index contributed by atoms with van der Waals surface area (Å²) in [4.78, 5) is 0.975. The Kier molecular flexibility index (Phi) is 4.80. The molecule has 3 heteroatoms. The summed E-state index contributed by atoms with van der Waals surface area (Å²) in [6, 6.07) is 6.26. The molecule has 0 spiro atoms. The second-order valence-electron chi connectivity index (χ2n) is 5.86.